The van der Waals surface area contributed by atoms with Gasteiger partial charge < -0.3 is 5.73 Å². The second-order valence-corrected chi connectivity index (χ2v) is 4.98. The first-order valence-electron chi connectivity index (χ1n) is 5.35. The SMILES string of the molecule is CCCCc1nc(C(N)C(C)C)cs1. The van der Waals surface area contributed by atoms with Crippen molar-refractivity contribution < 1.29 is 0 Å². The van der Waals surface area contributed by atoms with Gasteiger partial charge in [-0.15, -0.1) is 11.3 Å². The van der Waals surface area contributed by atoms with Crippen LogP contribution in [-0.2, 0) is 6.42 Å². The van der Waals surface area contributed by atoms with Crippen LogP contribution in [0.2, 0.25) is 0 Å². The van der Waals surface area contributed by atoms with Crippen molar-refractivity contribution in [2.24, 2.45) is 11.7 Å². The van der Waals surface area contributed by atoms with Crippen LogP contribution in [0.5, 0.6) is 0 Å². The second kappa shape index (κ2) is 5.47. The van der Waals surface area contributed by atoms with Gasteiger partial charge >= 0.3 is 0 Å². The van der Waals surface area contributed by atoms with Crippen molar-refractivity contribution in [2.45, 2.75) is 46.1 Å². The van der Waals surface area contributed by atoms with Crippen molar-refractivity contribution in [3.05, 3.63) is 16.1 Å². The molecule has 1 unspecified atom stereocenters. The summed E-state index contributed by atoms with van der Waals surface area (Å²) in [5.41, 5.74) is 7.09. The summed E-state index contributed by atoms with van der Waals surface area (Å²) in [7, 11) is 0. The molecule has 0 aliphatic rings. The molecule has 0 amide bonds. The van der Waals surface area contributed by atoms with Crippen LogP contribution in [0.1, 0.15) is 50.4 Å². The fraction of sp³-hybridized carbons (Fsp3) is 0.727. The predicted octanol–water partition coefficient (Wildman–Crippen LogP) is 3.14. The first kappa shape index (κ1) is 11.7. The Morgan fingerprint density at radius 1 is 1.50 bits per heavy atom. The number of nitrogens with zero attached hydrogens (tertiary/aromatic N) is 1. The zero-order valence-electron chi connectivity index (χ0n) is 9.29. The van der Waals surface area contributed by atoms with Crippen LogP contribution in [-0.4, -0.2) is 4.98 Å². The molecule has 2 N–H and O–H groups in total. The minimum atomic E-state index is 0.0987. The van der Waals surface area contributed by atoms with Crippen molar-refractivity contribution in [2.75, 3.05) is 0 Å². The molecule has 0 aromatic carbocycles. The van der Waals surface area contributed by atoms with Crippen LogP contribution in [0, 0.1) is 5.92 Å². The van der Waals surface area contributed by atoms with Gasteiger partial charge in [-0.2, -0.15) is 0 Å². The molecule has 0 radical (unpaired) electrons. The molecular weight excluding hydrogens is 192 g/mol. The number of hydrogen-bond donors (Lipinski definition) is 1. The maximum atomic E-state index is 6.02. The van der Waals surface area contributed by atoms with Crippen molar-refractivity contribution in [3.8, 4) is 0 Å². The number of rotatable bonds is 5. The normalized spacial score (nSPS) is 13.5. The lowest BCUT2D eigenvalue weighted by molar-refractivity contribution is 0.504. The summed E-state index contributed by atoms with van der Waals surface area (Å²) in [6.45, 7) is 6.47. The van der Waals surface area contributed by atoms with Gasteiger partial charge in [-0.1, -0.05) is 27.2 Å². The minimum Gasteiger partial charge on any atom is -0.322 e. The number of thiazole rings is 1. The van der Waals surface area contributed by atoms with Crippen LogP contribution >= 0.6 is 11.3 Å². The largest absolute Gasteiger partial charge is 0.322 e. The molecule has 0 aliphatic carbocycles. The Morgan fingerprint density at radius 2 is 2.21 bits per heavy atom. The van der Waals surface area contributed by atoms with E-state index in [9.17, 15) is 0 Å². The Bertz CT molecular complexity index is 268. The number of aromatic nitrogens is 1. The molecule has 0 aliphatic heterocycles. The van der Waals surface area contributed by atoms with E-state index in [1.807, 2.05) is 0 Å². The van der Waals surface area contributed by atoms with E-state index in [-0.39, 0.29) is 6.04 Å². The molecule has 80 valence electrons. The summed E-state index contributed by atoms with van der Waals surface area (Å²) in [5.74, 6) is 0.469. The van der Waals surface area contributed by atoms with E-state index in [0.29, 0.717) is 5.92 Å². The highest BCUT2D eigenvalue weighted by Crippen LogP contribution is 2.21. The molecule has 2 nitrogen and oxygen atoms in total. The average molecular weight is 212 g/mol. The van der Waals surface area contributed by atoms with Gasteiger partial charge in [0.25, 0.3) is 0 Å². The van der Waals surface area contributed by atoms with Gasteiger partial charge in [0.05, 0.1) is 16.7 Å². The molecule has 0 fully saturated rings. The third kappa shape index (κ3) is 3.07. The molecule has 14 heavy (non-hydrogen) atoms. The zero-order chi connectivity index (χ0) is 10.6. The van der Waals surface area contributed by atoms with Gasteiger partial charge in [-0.05, 0) is 18.8 Å². The molecule has 0 saturated carbocycles. The zero-order valence-corrected chi connectivity index (χ0v) is 10.1. The first-order valence-corrected chi connectivity index (χ1v) is 6.23. The Labute approximate surface area is 90.6 Å². The van der Waals surface area contributed by atoms with Gasteiger partial charge in [0.2, 0.25) is 0 Å². The molecular formula is C11H20N2S. The summed E-state index contributed by atoms with van der Waals surface area (Å²) in [5, 5.41) is 3.34. The lowest BCUT2D eigenvalue weighted by Gasteiger charge is -2.11. The summed E-state index contributed by atoms with van der Waals surface area (Å²) < 4.78 is 0. The molecule has 3 heteroatoms. The van der Waals surface area contributed by atoms with E-state index in [1.54, 1.807) is 11.3 Å². The van der Waals surface area contributed by atoms with Gasteiger partial charge in [0, 0.05) is 5.38 Å². The molecule has 0 spiro atoms. The highest BCUT2D eigenvalue weighted by atomic mass is 32.1. The van der Waals surface area contributed by atoms with Crippen molar-refractivity contribution in [1.82, 2.24) is 4.98 Å². The van der Waals surface area contributed by atoms with Crippen LogP contribution in [0.25, 0.3) is 0 Å². The predicted molar refractivity (Wildman–Crippen MR) is 62.5 cm³/mol. The average Bonchev–Trinajstić information content (AvgIpc) is 2.61. The van der Waals surface area contributed by atoms with Crippen molar-refractivity contribution in [3.63, 3.8) is 0 Å². The van der Waals surface area contributed by atoms with Crippen LogP contribution < -0.4 is 5.73 Å². The van der Waals surface area contributed by atoms with E-state index >= 15 is 0 Å². The topological polar surface area (TPSA) is 38.9 Å². The van der Waals surface area contributed by atoms with Crippen LogP contribution in [0.4, 0.5) is 0 Å². The van der Waals surface area contributed by atoms with Gasteiger partial charge in [0.1, 0.15) is 0 Å². The van der Waals surface area contributed by atoms with Crippen LogP contribution in [0.15, 0.2) is 5.38 Å². The summed E-state index contributed by atoms with van der Waals surface area (Å²) >= 11 is 1.74. The summed E-state index contributed by atoms with van der Waals surface area (Å²) in [4.78, 5) is 4.56. The number of aryl methyl sites for hydroxylation is 1. The quantitative estimate of drug-likeness (QED) is 0.814. The number of hydrogen-bond acceptors (Lipinski definition) is 3. The molecule has 1 atom stereocenters. The fourth-order valence-corrected chi connectivity index (χ4v) is 2.15. The van der Waals surface area contributed by atoms with Gasteiger partial charge in [-0.3, -0.25) is 0 Å². The van der Waals surface area contributed by atoms with Gasteiger partial charge in [-0.25, -0.2) is 4.98 Å². The monoisotopic (exact) mass is 212 g/mol. The van der Waals surface area contributed by atoms with Crippen LogP contribution in [0.3, 0.4) is 0 Å². The molecule has 0 saturated heterocycles. The van der Waals surface area contributed by atoms with Crippen molar-refractivity contribution in [1.29, 1.82) is 0 Å². The molecule has 1 heterocycles. The first-order chi connectivity index (χ1) is 6.65. The Morgan fingerprint density at radius 3 is 2.79 bits per heavy atom. The maximum absolute atomic E-state index is 6.02. The summed E-state index contributed by atoms with van der Waals surface area (Å²) in [6.07, 6.45) is 3.56. The lowest BCUT2D eigenvalue weighted by atomic mass is 10.0. The molecule has 1 aromatic heterocycles. The fourth-order valence-electron chi connectivity index (χ4n) is 1.26. The highest BCUT2D eigenvalue weighted by molar-refractivity contribution is 7.09. The third-order valence-electron chi connectivity index (χ3n) is 2.37. The minimum absolute atomic E-state index is 0.0987. The van der Waals surface area contributed by atoms with E-state index in [4.69, 9.17) is 5.73 Å². The molecule has 1 rings (SSSR count). The molecule has 1 aromatic rings. The van der Waals surface area contributed by atoms with E-state index in [1.165, 1.54) is 17.8 Å². The Balaban J connectivity index is 2.58. The van der Waals surface area contributed by atoms with Gasteiger partial charge in [0.15, 0.2) is 0 Å². The van der Waals surface area contributed by atoms with E-state index in [0.717, 1.165) is 12.1 Å². The third-order valence-corrected chi connectivity index (χ3v) is 3.30. The lowest BCUT2D eigenvalue weighted by Crippen LogP contribution is -2.17. The number of nitrogens with two attached hydrogens (primary N) is 1. The van der Waals surface area contributed by atoms with E-state index < -0.39 is 0 Å². The second-order valence-electron chi connectivity index (χ2n) is 4.04. The Hall–Kier alpha value is -0.410. The number of unbranched alkanes of at least 4 members (excludes halogenated alkanes) is 1. The van der Waals surface area contributed by atoms with Crippen molar-refractivity contribution >= 4 is 11.3 Å². The highest BCUT2D eigenvalue weighted by Gasteiger charge is 2.13. The Kier molecular flexibility index (Phi) is 4.55. The maximum Gasteiger partial charge on any atom is 0.0928 e. The molecule has 0 bridgehead atoms. The standard InChI is InChI=1S/C11H20N2S/c1-4-5-6-10-13-9(7-14-10)11(12)8(2)3/h7-8,11H,4-6,12H2,1-3H3. The van der Waals surface area contributed by atoms with E-state index in [2.05, 4.69) is 31.1 Å². The summed E-state index contributed by atoms with van der Waals surface area (Å²) in [6, 6.07) is 0.0987. The smallest absolute Gasteiger partial charge is 0.0928 e.